The van der Waals surface area contributed by atoms with Gasteiger partial charge in [-0.15, -0.1) is 11.3 Å². The van der Waals surface area contributed by atoms with Crippen LogP contribution in [0.1, 0.15) is 47.7 Å². The largest absolute Gasteiger partial charge is 0.345 e. The highest BCUT2D eigenvalue weighted by Gasteiger charge is 2.28. The molecule has 2 aliphatic rings. The molecular weight excluding hydrogens is 302 g/mol. The first kappa shape index (κ1) is 15.9. The van der Waals surface area contributed by atoms with Crippen molar-refractivity contribution in [2.24, 2.45) is 0 Å². The molecule has 1 amide bonds. The van der Waals surface area contributed by atoms with Gasteiger partial charge in [-0.1, -0.05) is 0 Å². The summed E-state index contributed by atoms with van der Waals surface area (Å²) in [4.78, 5) is 19.7. The van der Waals surface area contributed by atoms with Gasteiger partial charge in [-0.3, -0.25) is 4.79 Å². The average molecular weight is 325 g/mol. The number of amides is 1. The molecule has 0 aromatic carbocycles. The highest BCUT2D eigenvalue weighted by atomic mass is 32.1. The quantitative estimate of drug-likeness (QED) is 0.894. The minimum Gasteiger partial charge on any atom is -0.345 e. The van der Waals surface area contributed by atoms with Crippen LogP contribution >= 0.6 is 11.3 Å². The fourth-order valence-electron chi connectivity index (χ4n) is 2.91. The normalized spacial score (nSPS) is 20.6. The SMILES string of the molecule is CC(C)(CN1CCCC1)NC(=O)c1cnc(C2OCCO2)s1. The number of hydrogen-bond donors (Lipinski definition) is 1. The fourth-order valence-corrected chi connectivity index (χ4v) is 3.72. The summed E-state index contributed by atoms with van der Waals surface area (Å²) in [7, 11) is 0. The molecule has 0 atom stereocenters. The maximum atomic E-state index is 12.4. The molecule has 1 aromatic heterocycles. The molecule has 2 fully saturated rings. The second-order valence-corrected chi connectivity index (χ2v) is 7.52. The van der Waals surface area contributed by atoms with Crippen LogP contribution in [0.5, 0.6) is 0 Å². The maximum absolute atomic E-state index is 12.4. The summed E-state index contributed by atoms with van der Waals surface area (Å²) in [5, 5.41) is 3.82. The molecule has 1 N–H and O–H groups in total. The Hall–Kier alpha value is -1.02. The van der Waals surface area contributed by atoms with Crippen molar-refractivity contribution in [2.75, 3.05) is 32.8 Å². The Morgan fingerprint density at radius 1 is 1.41 bits per heavy atom. The Bertz CT molecular complexity index is 520. The molecule has 1 aromatic rings. The third-order valence-corrected chi connectivity index (χ3v) is 4.86. The van der Waals surface area contributed by atoms with Crippen LogP contribution in [0.3, 0.4) is 0 Å². The molecule has 6 nitrogen and oxygen atoms in total. The molecule has 0 aliphatic carbocycles. The number of rotatable bonds is 5. The van der Waals surface area contributed by atoms with Crippen molar-refractivity contribution in [2.45, 2.75) is 38.5 Å². The summed E-state index contributed by atoms with van der Waals surface area (Å²) in [6, 6.07) is 0. The first-order valence-corrected chi connectivity index (χ1v) is 8.59. The van der Waals surface area contributed by atoms with Crippen LogP contribution in [0.15, 0.2) is 6.20 Å². The molecule has 0 bridgehead atoms. The zero-order valence-electron chi connectivity index (χ0n) is 13.1. The molecule has 0 unspecified atom stereocenters. The molecule has 2 saturated heterocycles. The van der Waals surface area contributed by atoms with Crippen LogP contribution in [0.4, 0.5) is 0 Å². The van der Waals surface area contributed by atoms with Crippen molar-refractivity contribution < 1.29 is 14.3 Å². The lowest BCUT2D eigenvalue weighted by molar-refractivity contribution is -0.0442. The van der Waals surface area contributed by atoms with E-state index in [9.17, 15) is 4.79 Å². The summed E-state index contributed by atoms with van der Waals surface area (Å²) in [6.45, 7) is 8.41. The Kier molecular flexibility index (Phi) is 4.77. The standard InChI is InChI=1S/C15H23N3O3S/c1-15(2,10-18-5-3-4-6-18)17-12(19)11-9-16-13(22-11)14-20-7-8-21-14/h9,14H,3-8,10H2,1-2H3,(H,17,19). The van der Waals surface area contributed by atoms with Crippen molar-refractivity contribution in [1.29, 1.82) is 0 Å². The van der Waals surface area contributed by atoms with Gasteiger partial charge in [-0.25, -0.2) is 4.98 Å². The molecule has 0 saturated carbocycles. The first-order valence-electron chi connectivity index (χ1n) is 7.77. The summed E-state index contributed by atoms with van der Waals surface area (Å²) in [5.41, 5.74) is -0.258. The van der Waals surface area contributed by atoms with E-state index in [4.69, 9.17) is 9.47 Å². The number of likely N-dealkylation sites (tertiary alicyclic amines) is 1. The van der Waals surface area contributed by atoms with Crippen LogP contribution in [0, 0.1) is 0 Å². The van der Waals surface area contributed by atoms with Gasteiger partial charge < -0.3 is 19.7 Å². The van der Waals surface area contributed by atoms with E-state index in [-0.39, 0.29) is 11.4 Å². The number of hydrogen-bond acceptors (Lipinski definition) is 6. The zero-order chi connectivity index (χ0) is 15.6. The zero-order valence-corrected chi connectivity index (χ0v) is 13.9. The van der Waals surface area contributed by atoms with Gasteiger partial charge in [0.15, 0.2) is 0 Å². The lowest BCUT2D eigenvalue weighted by Gasteiger charge is -2.30. The Morgan fingerprint density at radius 3 is 2.77 bits per heavy atom. The van der Waals surface area contributed by atoms with Crippen LogP contribution in [0.2, 0.25) is 0 Å². The predicted octanol–water partition coefficient (Wildman–Crippen LogP) is 1.79. The van der Waals surface area contributed by atoms with Crippen LogP contribution < -0.4 is 5.32 Å². The van der Waals surface area contributed by atoms with Crippen LogP contribution in [-0.4, -0.2) is 54.2 Å². The monoisotopic (exact) mass is 325 g/mol. The maximum Gasteiger partial charge on any atom is 0.263 e. The summed E-state index contributed by atoms with van der Waals surface area (Å²) in [6.07, 6.45) is 3.70. The Labute approximate surface area is 134 Å². The van der Waals surface area contributed by atoms with E-state index >= 15 is 0 Å². The van der Waals surface area contributed by atoms with E-state index < -0.39 is 6.29 Å². The molecule has 7 heteroatoms. The van der Waals surface area contributed by atoms with Crippen molar-refractivity contribution in [1.82, 2.24) is 15.2 Å². The topological polar surface area (TPSA) is 63.7 Å². The van der Waals surface area contributed by atoms with E-state index in [1.807, 2.05) is 0 Å². The summed E-state index contributed by atoms with van der Waals surface area (Å²) < 4.78 is 10.8. The van der Waals surface area contributed by atoms with E-state index in [0.717, 1.165) is 19.6 Å². The number of carbonyl (C=O) groups is 1. The molecule has 0 spiro atoms. The van der Waals surface area contributed by atoms with Gasteiger partial charge in [0.1, 0.15) is 9.88 Å². The minimum atomic E-state index is -0.413. The lowest BCUT2D eigenvalue weighted by Crippen LogP contribution is -2.50. The highest BCUT2D eigenvalue weighted by molar-refractivity contribution is 7.13. The van der Waals surface area contributed by atoms with Gasteiger partial charge in [0.25, 0.3) is 5.91 Å². The van der Waals surface area contributed by atoms with Crippen LogP contribution in [-0.2, 0) is 9.47 Å². The second-order valence-electron chi connectivity index (χ2n) is 6.46. The molecule has 3 rings (SSSR count). The highest BCUT2D eigenvalue weighted by Crippen LogP contribution is 2.27. The number of nitrogens with zero attached hydrogens (tertiary/aromatic N) is 2. The first-order chi connectivity index (χ1) is 10.5. The molecule has 22 heavy (non-hydrogen) atoms. The van der Waals surface area contributed by atoms with E-state index in [1.165, 1.54) is 24.2 Å². The molecule has 0 radical (unpaired) electrons. The third kappa shape index (κ3) is 3.84. The van der Waals surface area contributed by atoms with Crippen molar-refractivity contribution >= 4 is 17.2 Å². The minimum absolute atomic E-state index is 0.0778. The van der Waals surface area contributed by atoms with Crippen molar-refractivity contribution in [3.63, 3.8) is 0 Å². The van der Waals surface area contributed by atoms with Crippen molar-refractivity contribution in [3.05, 3.63) is 16.1 Å². The molecule has 3 heterocycles. The van der Waals surface area contributed by atoms with Crippen molar-refractivity contribution in [3.8, 4) is 0 Å². The van der Waals surface area contributed by atoms with E-state index in [2.05, 4.69) is 29.0 Å². The smallest absolute Gasteiger partial charge is 0.263 e. The van der Waals surface area contributed by atoms with Crippen LogP contribution in [0.25, 0.3) is 0 Å². The molecule has 2 aliphatic heterocycles. The second kappa shape index (κ2) is 6.62. The number of aromatic nitrogens is 1. The van der Waals surface area contributed by atoms with E-state index in [0.29, 0.717) is 23.1 Å². The predicted molar refractivity (Wildman–Crippen MR) is 84.0 cm³/mol. The molecule has 122 valence electrons. The Morgan fingerprint density at radius 2 is 2.09 bits per heavy atom. The number of ether oxygens (including phenoxy) is 2. The lowest BCUT2D eigenvalue weighted by atomic mass is 10.0. The number of carbonyl (C=O) groups excluding carboxylic acids is 1. The third-order valence-electron chi connectivity index (χ3n) is 3.84. The molecular formula is C15H23N3O3S. The van der Waals surface area contributed by atoms with Gasteiger partial charge in [0.2, 0.25) is 6.29 Å². The fraction of sp³-hybridized carbons (Fsp3) is 0.733. The van der Waals surface area contributed by atoms with Gasteiger partial charge in [0.05, 0.1) is 19.4 Å². The number of nitrogens with one attached hydrogen (secondary N) is 1. The van der Waals surface area contributed by atoms with Gasteiger partial charge in [0, 0.05) is 12.1 Å². The average Bonchev–Trinajstić information content (AvgIpc) is 3.20. The summed E-state index contributed by atoms with van der Waals surface area (Å²) >= 11 is 1.33. The van der Waals surface area contributed by atoms with Gasteiger partial charge >= 0.3 is 0 Å². The van der Waals surface area contributed by atoms with Gasteiger partial charge in [-0.2, -0.15) is 0 Å². The van der Waals surface area contributed by atoms with Gasteiger partial charge in [-0.05, 0) is 39.8 Å². The van der Waals surface area contributed by atoms with E-state index in [1.54, 1.807) is 6.20 Å². The number of thiazole rings is 1. The Balaban J connectivity index is 1.58. The summed E-state index contributed by atoms with van der Waals surface area (Å²) in [5.74, 6) is -0.0778.